The highest BCUT2D eigenvalue weighted by Gasteiger charge is 2.30. The molecule has 0 spiro atoms. The number of hydrogen-bond acceptors (Lipinski definition) is 4. The SMILES string of the molecule is CCCCCOc1c2cc(C(C)(C)C)cc1Cc1cc(C(C)(C)C)cc(c1OCc1ccccc1)Cc1cc(C(C)(C)C)cc(c1OCCCCC)Cc1cc(C(C)(C)C)cc(c1OCc1ccccc1)C2. The first-order chi connectivity index (χ1) is 34.1. The third-order valence-corrected chi connectivity index (χ3v) is 14.4. The van der Waals surface area contributed by atoms with Crippen LogP contribution in [-0.4, -0.2) is 13.2 Å². The molecule has 4 nitrogen and oxygen atoms in total. The van der Waals surface area contributed by atoms with E-state index in [1.165, 1.54) is 66.8 Å². The van der Waals surface area contributed by atoms with Crippen molar-refractivity contribution in [2.45, 2.75) is 196 Å². The topological polar surface area (TPSA) is 36.9 Å². The Labute approximate surface area is 436 Å². The maximum atomic E-state index is 7.27. The van der Waals surface area contributed by atoms with Crippen molar-refractivity contribution in [3.8, 4) is 23.0 Å². The Morgan fingerprint density at radius 2 is 0.556 bits per heavy atom. The number of benzene rings is 6. The highest BCUT2D eigenvalue weighted by atomic mass is 16.5. The Morgan fingerprint density at radius 1 is 0.319 bits per heavy atom. The molecule has 6 aromatic rings. The lowest BCUT2D eigenvalue weighted by atomic mass is 9.79. The van der Waals surface area contributed by atoms with Crippen LogP contribution in [0.5, 0.6) is 23.0 Å². The van der Waals surface area contributed by atoms with Gasteiger partial charge in [0.15, 0.2) is 0 Å². The molecule has 0 aliphatic heterocycles. The summed E-state index contributed by atoms with van der Waals surface area (Å²) in [7, 11) is 0. The molecule has 1 aliphatic carbocycles. The van der Waals surface area contributed by atoms with Gasteiger partial charge in [0.05, 0.1) is 13.2 Å². The Bertz CT molecular complexity index is 2450. The van der Waals surface area contributed by atoms with E-state index in [9.17, 15) is 0 Å². The molecular weight excluding hydrogens is 881 g/mol. The summed E-state index contributed by atoms with van der Waals surface area (Å²) in [6.45, 7) is 34.8. The van der Waals surface area contributed by atoms with Crippen LogP contribution in [-0.2, 0) is 60.6 Å². The molecule has 0 amide bonds. The normalized spacial score (nSPS) is 13.2. The average Bonchev–Trinajstić information content (AvgIpc) is 3.31. The van der Waals surface area contributed by atoms with Crippen LogP contribution in [0.2, 0.25) is 0 Å². The predicted molar refractivity (Wildman–Crippen MR) is 303 cm³/mol. The number of rotatable bonds is 16. The van der Waals surface area contributed by atoms with Crippen LogP contribution >= 0.6 is 0 Å². The minimum Gasteiger partial charge on any atom is -0.493 e. The summed E-state index contributed by atoms with van der Waals surface area (Å²) in [4.78, 5) is 0. The third-order valence-electron chi connectivity index (χ3n) is 14.4. The van der Waals surface area contributed by atoms with Crippen molar-refractivity contribution < 1.29 is 18.9 Å². The lowest BCUT2D eigenvalue weighted by molar-refractivity contribution is 0.293. The number of hydrogen-bond donors (Lipinski definition) is 0. The zero-order chi connectivity index (χ0) is 51.8. The van der Waals surface area contributed by atoms with Gasteiger partial charge in [-0.05, 0) is 112 Å². The van der Waals surface area contributed by atoms with Gasteiger partial charge in [0, 0.05) is 25.7 Å². The van der Waals surface area contributed by atoms with E-state index in [1.807, 2.05) is 0 Å². The second-order valence-corrected chi connectivity index (χ2v) is 24.9. The van der Waals surface area contributed by atoms with E-state index < -0.39 is 0 Å². The molecule has 72 heavy (non-hydrogen) atoms. The van der Waals surface area contributed by atoms with E-state index in [2.05, 4.69) is 206 Å². The van der Waals surface area contributed by atoms with E-state index in [1.54, 1.807) is 0 Å². The van der Waals surface area contributed by atoms with E-state index >= 15 is 0 Å². The largest absolute Gasteiger partial charge is 0.493 e. The standard InChI is InChI=1S/C68H88O4/c1-15-17-25-31-69-61-49-33-53-41-59(67(9,10)11)43-55(63(53)71-45-47-27-21-19-22-28-47)35-51-39-58(66(6,7)8)40-52(62(51)70-32-26-18-16-2)36-56-44-60(68(12,13)14)42-54(34-50(61)38-57(37-49)65(3,4)5)64(56)72-46-48-29-23-20-24-30-48/h19-24,27-30,37-44H,15-18,25-26,31-36,45-46H2,1-14H3. The quantitative estimate of drug-likeness (QED) is 0.0905. The van der Waals surface area contributed by atoms with Crippen molar-refractivity contribution in [2.24, 2.45) is 0 Å². The van der Waals surface area contributed by atoms with E-state index in [0.29, 0.717) is 52.1 Å². The van der Waals surface area contributed by atoms with Crippen LogP contribution in [0.1, 0.15) is 213 Å². The molecule has 0 radical (unpaired) electrons. The summed E-state index contributed by atoms with van der Waals surface area (Å²) in [5, 5.41) is 0. The molecule has 0 fully saturated rings. The Morgan fingerprint density at radius 3 is 0.778 bits per heavy atom. The second kappa shape index (κ2) is 23.2. The van der Waals surface area contributed by atoms with Gasteiger partial charge in [0.2, 0.25) is 0 Å². The average molecular weight is 969 g/mol. The van der Waals surface area contributed by atoms with E-state index in [4.69, 9.17) is 18.9 Å². The summed E-state index contributed by atoms with van der Waals surface area (Å²) < 4.78 is 29.0. The van der Waals surface area contributed by atoms with Crippen LogP contribution in [0.15, 0.2) is 109 Å². The van der Waals surface area contributed by atoms with Crippen LogP contribution in [0.3, 0.4) is 0 Å². The summed E-state index contributed by atoms with van der Waals surface area (Å²) in [6, 6.07) is 40.8. The lowest BCUT2D eigenvalue weighted by Gasteiger charge is -2.29. The maximum absolute atomic E-state index is 7.27. The zero-order valence-electron chi connectivity index (χ0n) is 46.9. The molecule has 0 heterocycles. The first-order valence-corrected chi connectivity index (χ1v) is 27.4. The number of ether oxygens (including phenoxy) is 4. The van der Waals surface area contributed by atoms with Crippen molar-refractivity contribution in [1.29, 1.82) is 0 Å². The van der Waals surface area contributed by atoms with Gasteiger partial charge in [-0.25, -0.2) is 0 Å². The zero-order valence-corrected chi connectivity index (χ0v) is 46.9. The summed E-state index contributed by atoms with van der Waals surface area (Å²) >= 11 is 0. The molecule has 0 atom stereocenters. The van der Waals surface area contributed by atoms with Crippen LogP contribution in [0.25, 0.3) is 0 Å². The van der Waals surface area contributed by atoms with Crippen LogP contribution < -0.4 is 18.9 Å². The molecule has 0 aromatic heterocycles. The minimum atomic E-state index is -0.123. The van der Waals surface area contributed by atoms with Crippen molar-refractivity contribution in [3.63, 3.8) is 0 Å². The molecule has 6 aromatic carbocycles. The van der Waals surface area contributed by atoms with E-state index in [0.717, 1.165) is 72.6 Å². The molecule has 8 bridgehead atoms. The van der Waals surface area contributed by atoms with Crippen LogP contribution in [0, 0.1) is 0 Å². The maximum Gasteiger partial charge on any atom is 0.126 e. The first kappa shape index (κ1) is 54.3. The van der Waals surface area contributed by atoms with Crippen molar-refractivity contribution in [3.05, 3.63) is 187 Å². The summed E-state index contributed by atoms with van der Waals surface area (Å²) in [5.74, 6) is 3.88. The van der Waals surface area contributed by atoms with Gasteiger partial charge < -0.3 is 18.9 Å². The predicted octanol–water partition coefficient (Wildman–Crippen LogP) is 17.8. The smallest absolute Gasteiger partial charge is 0.126 e. The number of fused-ring (bicyclic) bond motifs is 8. The fraction of sp³-hybridized carbons (Fsp3) is 0.471. The summed E-state index contributed by atoms with van der Waals surface area (Å²) in [5.41, 5.74) is 16.5. The minimum absolute atomic E-state index is 0.123. The monoisotopic (exact) mass is 969 g/mol. The molecule has 7 rings (SSSR count). The molecule has 0 unspecified atom stereocenters. The second-order valence-electron chi connectivity index (χ2n) is 24.9. The Hall–Kier alpha value is -5.48. The van der Waals surface area contributed by atoms with Gasteiger partial charge in [-0.1, -0.05) is 232 Å². The van der Waals surface area contributed by atoms with E-state index in [-0.39, 0.29) is 21.7 Å². The molecule has 0 saturated carbocycles. The van der Waals surface area contributed by atoms with Gasteiger partial charge in [0.25, 0.3) is 0 Å². The number of unbranched alkanes of at least 4 members (excludes halogenated alkanes) is 4. The molecule has 4 heteroatoms. The van der Waals surface area contributed by atoms with Gasteiger partial charge >= 0.3 is 0 Å². The molecule has 384 valence electrons. The molecule has 1 aliphatic rings. The Balaban J connectivity index is 1.61. The summed E-state index contributed by atoms with van der Waals surface area (Å²) in [6.07, 6.45) is 9.11. The van der Waals surface area contributed by atoms with Gasteiger partial charge in [-0.3, -0.25) is 0 Å². The van der Waals surface area contributed by atoms with Gasteiger partial charge in [0.1, 0.15) is 36.2 Å². The lowest BCUT2D eigenvalue weighted by Crippen LogP contribution is -2.18. The fourth-order valence-corrected chi connectivity index (χ4v) is 9.87. The van der Waals surface area contributed by atoms with Gasteiger partial charge in [-0.15, -0.1) is 0 Å². The highest BCUT2D eigenvalue weighted by molar-refractivity contribution is 5.60. The molecule has 0 N–H and O–H groups in total. The van der Waals surface area contributed by atoms with Crippen molar-refractivity contribution >= 4 is 0 Å². The van der Waals surface area contributed by atoms with Gasteiger partial charge in [-0.2, -0.15) is 0 Å². The molecular formula is C68H88O4. The molecule has 0 saturated heterocycles. The fourth-order valence-electron chi connectivity index (χ4n) is 9.87. The first-order valence-electron chi connectivity index (χ1n) is 27.4. The Kier molecular flexibility index (Phi) is 17.5. The van der Waals surface area contributed by atoms with Crippen LogP contribution in [0.4, 0.5) is 0 Å². The van der Waals surface area contributed by atoms with Crippen molar-refractivity contribution in [1.82, 2.24) is 0 Å². The highest BCUT2D eigenvalue weighted by Crippen LogP contribution is 2.45. The van der Waals surface area contributed by atoms with Crippen molar-refractivity contribution in [2.75, 3.05) is 13.2 Å². The third kappa shape index (κ3) is 14.0.